The molecule has 45 heavy (non-hydrogen) atoms. The van der Waals surface area contributed by atoms with E-state index in [1.165, 1.54) is 35.7 Å². The molecule has 0 spiro atoms. The van der Waals surface area contributed by atoms with Gasteiger partial charge in [-0.15, -0.1) is 11.8 Å². The minimum absolute atomic E-state index is 0.0185. The molecule has 0 aliphatic carbocycles. The van der Waals surface area contributed by atoms with Crippen molar-refractivity contribution < 1.29 is 22.3 Å². The second-order valence-electron chi connectivity index (χ2n) is 9.61. The van der Waals surface area contributed by atoms with Crippen LogP contribution in [0.4, 0.5) is 0 Å². The number of ketones is 2. The Bertz CT molecular complexity index is 1900. The van der Waals surface area contributed by atoms with Gasteiger partial charge in [0, 0.05) is 48.6 Å². The van der Waals surface area contributed by atoms with Crippen LogP contribution in [0.15, 0.2) is 158 Å². The number of hydrogen-bond donors (Lipinski definition) is 0. The molecule has 5 aromatic carbocycles. The Hall–Kier alpha value is -4.15. The summed E-state index contributed by atoms with van der Waals surface area (Å²) < 4.78 is 30.4. The minimum Gasteiger partial charge on any atom is -0.289 e. The quantitative estimate of drug-likeness (QED) is 0.0535. The average molecular weight is 672 g/mol. The van der Waals surface area contributed by atoms with Gasteiger partial charge in [0.25, 0.3) is 0 Å². The van der Waals surface area contributed by atoms with Gasteiger partial charge >= 0.3 is 10.1 Å². The molecule has 0 fully saturated rings. The lowest BCUT2D eigenvalue weighted by molar-refractivity contribution is 0.103. The molecule has 0 atom stereocenters. The van der Waals surface area contributed by atoms with Crippen molar-refractivity contribution in [2.45, 2.75) is 26.0 Å². The molecular formula is C35H26ClNO5S3. The number of thioether (sulfide) groups is 1. The first-order valence-corrected chi connectivity index (χ1v) is 17.3. The number of carbonyl (C=O) groups is 2. The Morgan fingerprint density at radius 2 is 1.16 bits per heavy atom. The third-order valence-electron chi connectivity index (χ3n) is 6.47. The van der Waals surface area contributed by atoms with Gasteiger partial charge < -0.3 is 0 Å². The Kier molecular flexibility index (Phi) is 10.9. The van der Waals surface area contributed by atoms with E-state index < -0.39 is 15.9 Å². The van der Waals surface area contributed by atoms with Gasteiger partial charge in [0.1, 0.15) is 10.6 Å². The van der Waals surface area contributed by atoms with Crippen LogP contribution >= 0.6 is 35.1 Å². The number of nitrogens with zero attached hydrogens (tertiary/aromatic N) is 1. The highest BCUT2D eigenvalue weighted by molar-refractivity contribution is 7.99. The lowest BCUT2D eigenvalue weighted by Gasteiger charge is -2.08. The SMILES string of the molecule is O=C(/C(CCSc1ccc(Cl)cc1)=N/OS(=O)(=O)c1ccccc1)c1ccc(Sc2ccc(C(=O)c3ccccc3)cc2)cc1. The fraction of sp³-hybridized carbons (Fsp3) is 0.0571. The second-order valence-corrected chi connectivity index (χ2v) is 13.9. The van der Waals surface area contributed by atoms with Crippen molar-refractivity contribution in [3.63, 3.8) is 0 Å². The summed E-state index contributed by atoms with van der Waals surface area (Å²) in [5.74, 6) is -0.0209. The topological polar surface area (TPSA) is 89.9 Å². The first-order chi connectivity index (χ1) is 21.8. The summed E-state index contributed by atoms with van der Waals surface area (Å²) in [6.07, 6.45) is 0.168. The summed E-state index contributed by atoms with van der Waals surface area (Å²) in [6.45, 7) is 0. The molecule has 0 amide bonds. The van der Waals surface area contributed by atoms with Crippen molar-refractivity contribution in [2.24, 2.45) is 5.16 Å². The van der Waals surface area contributed by atoms with E-state index in [0.29, 0.717) is 27.5 Å². The molecular weight excluding hydrogens is 646 g/mol. The number of oxime groups is 1. The lowest BCUT2D eigenvalue weighted by Crippen LogP contribution is -2.17. The van der Waals surface area contributed by atoms with E-state index in [9.17, 15) is 18.0 Å². The summed E-state index contributed by atoms with van der Waals surface area (Å²) in [6, 6.07) is 38.4. The van der Waals surface area contributed by atoms with Crippen LogP contribution in [0.3, 0.4) is 0 Å². The second kappa shape index (κ2) is 15.2. The summed E-state index contributed by atoms with van der Waals surface area (Å²) in [7, 11) is -4.20. The maximum Gasteiger partial charge on any atom is 0.358 e. The first kappa shape index (κ1) is 32.2. The third-order valence-corrected chi connectivity index (χ3v) is 9.87. The standard InChI is InChI=1S/C35H26ClNO5S3/c36-28-15-21-29(22-16-28)43-24-23-33(37-42-45(40,41)32-9-5-2-6-10-32)35(39)27-13-19-31(20-14-27)44-30-17-11-26(12-18-30)34(38)25-7-3-1-4-8-25/h1-22H,23-24H2/b37-33+. The number of Topliss-reactive ketones (excluding diaryl/α,β-unsaturated/α-hetero) is 1. The summed E-state index contributed by atoms with van der Waals surface area (Å²) in [5, 5.41) is 4.46. The molecule has 5 rings (SSSR count). The van der Waals surface area contributed by atoms with E-state index in [-0.39, 0.29) is 22.8 Å². The molecule has 0 unspecified atom stereocenters. The molecule has 0 saturated heterocycles. The number of hydrogen-bond acceptors (Lipinski definition) is 8. The minimum atomic E-state index is -4.20. The van der Waals surface area contributed by atoms with Crippen LogP contribution in [0.1, 0.15) is 32.7 Å². The van der Waals surface area contributed by atoms with Crippen LogP contribution in [0.25, 0.3) is 0 Å². The van der Waals surface area contributed by atoms with Crippen LogP contribution in [-0.4, -0.2) is 31.4 Å². The van der Waals surface area contributed by atoms with Crippen molar-refractivity contribution in [2.75, 3.05) is 5.75 Å². The molecule has 0 aliphatic heterocycles. The summed E-state index contributed by atoms with van der Waals surface area (Å²) >= 11 is 8.95. The number of benzene rings is 5. The van der Waals surface area contributed by atoms with E-state index in [2.05, 4.69) is 5.16 Å². The van der Waals surface area contributed by atoms with Crippen molar-refractivity contribution in [3.05, 3.63) is 155 Å². The largest absolute Gasteiger partial charge is 0.358 e. The number of halogens is 1. The molecule has 0 N–H and O–H groups in total. The zero-order chi connectivity index (χ0) is 31.6. The molecule has 0 saturated carbocycles. The van der Waals surface area contributed by atoms with Gasteiger partial charge in [-0.25, -0.2) is 0 Å². The van der Waals surface area contributed by atoms with Gasteiger partial charge in [0.05, 0.1) is 0 Å². The Morgan fingerprint density at radius 1 is 0.644 bits per heavy atom. The molecule has 0 aromatic heterocycles. The van der Waals surface area contributed by atoms with Crippen molar-refractivity contribution in [1.82, 2.24) is 0 Å². The van der Waals surface area contributed by atoms with Crippen LogP contribution in [0.2, 0.25) is 5.02 Å². The lowest BCUT2D eigenvalue weighted by atomic mass is 10.0. The predicted molar refractivity (Wildman–Crippen MR) is 180 cm³/mol. The fourth-order valence-electron chi connectivity index (χ4n) is 4.13. The molecule has 226 valence electrons. The van der Waals surface area contributed by atoms with Crippen LogP contribution in [-0.2, 0) is 14.4 Å². The van der Waals surface area contributed by atoms with Crippen LogP contribution in [0.5, 0.6) is 0 Å². The zero-order valence-electron chi connectivity index (χ0n) is 23.7. The number of rotatable bonds is 13. The molecule has 0 heterocycles. The van der Waals surface area contributed by atoms with Crippen LogP contribution in [0, 0.1) is 0 Å². The van der Waals surface area contributed by atoms with E-state index in [4.69, 9.17) is 15.9 Å². The number of carbonyl (C=O) groups excluding carboxylic acids is 2. The van der Waals surface area contributed by atoms with E-state index in [0.717, 1.165) is 14.7 Å². The molecule has 5 aromatic rings. The van der Waals surface area contributed by atoms with E-state index in [1.807, 2.05) is 54.6 Å². The molecule has 0 bridgehead atoms. The van der Waals surface area contributed by atoms with Gasteiger partial charge in [-0.2, -0.15) is 8.42 Å². The third kappa shape index (κ3) is 8.95. The Labute approximate surface area is 275 Å². The highest BCUT2D eigenvalue weighted by atomic mass is 35.5. The molecule has 6 nitrogen and oxygen atoms in total. The zero-order valence-corrected chi connectivity index (χ0v) is 26.9. The molecule has 0 aliphatic rings. The fourth-order valence-corrected chi connectivity index (χ4v) is 6.70. The van der Waals surface area contributed by atoms with Gasteiger partial charge in [0.2, 0.25) is 5.78 Å². The Balaban J connectivity index is 1.28. The summed E-state index contributed by atoms with van der Waals surface area (Å²) in [4.78, 5) is 28.9. The maximum atomic E-state index is 13.5. The van der Waals surface area contributed by atoms with Gasteiger partial charge in [-0.05, 0) is 84.9 Å². The first-order valence-electron chi connectivity index (χ1n) is 13.7. The van der Waals surface area contributed by atoms with Crippen molar-refractivity contribution >= 4 is 62.5 Å². The van der Waals surface area contributed by atoms with Gasteiger partial charge in [0.15, 0.2) is 5.78 Å². The van der Waals surface area contributed by atoms with Gasteiger partial charge in [-0.1, -0.05) is 77.0 Å². The van der Waals surface area contributed by atoms with Gasteiger partial charge in [-0.3, -0.25) is 13.9 Å². The maximum absolute atomic E-state index is 13.5. The van der Waals surface area contributed by atoms with E-state index in [1.54, 1.807) is 66.7 Å². The summed E-state index contributed by atoms with van der Waals surface area (Å²) in [5.41, 5.74) is 1.56. The van der Waals surface area contributed by atoms with E-state index >= 15 is 0 Å². The predicted octanol–water partition coefficient (Wildman–Crippen LogP) is 8.85. The highest BCUT2D eigenvalue weighted by Crippen LogP contribution is 2.29. The normalized spacial score (nSPS) is 11.6. The Morgan fingerprint density at radius 3 is 1.76 bits per heavy atom. The van der Waals surface area contributed by atoms with Crippen LogP contribution < -0.4 is 0 Å². The molecule has 10 heteroatoms. The molecule has 0 radical (unpaired) electrons. The average Bonchev–Trinajstić information content (AvgIpc) is 3.08. The van der Waals surface area contributed by atoms with Crippen molar-refractivity contribution in [1.29, 1.82) is 0 Å². The highest BCUT2D eigenvalue weighted by Gasteiger charge is 2.20. The van der Waals surface area contributed by atoms with Crippen molar-refractivity contribution in [3.8, 4) is 0 Å². The smallest absolute Gasteiger partial charge is 0.289 e. The monoisotopic (exact) mass is 671 g/mol.